The largest absolute Gasteiger partial charge is 0.227 e. The van der Waals surface area contributed by atoms with Crippen LogP contribution in [0.1, 0.15) is 31.6 Å². The summed E-state index contributed by atoms with van der Waals surface area (Å²) >= 11 is 0. The van der Waals surface area contributed by atoms with Crippen LogP contribution in [-0.2, 0) is 6.42 Å². The van der Waals surface area contributed by atoms with Gasteiger partial charge < -0.3 is 0 Å². The highest BCUT2D eigenvalue weighted by molar-refractivity contribution is 4.88. The molecular weight excluding hydrogens is 128 g/mol. The van der Waals surface area contributed by atoms with Gasteiger partial charge in [0.05, 0.1) is 6.04 Å². The summed E-state index contributed by atoms with van der Waals surface area (Å²) in [7, 11) is 0. The molecule has 54 valence electrons. The molecule has 1 heterocycles. The number of hydrogen-bond acceptors (Lipinski definition) is 3. The maximum Gasteiger partial charge on any atom is 0.151 e. The Hall–Kier alpha value is -0.930. The molecule has 1 aliphatic carbocycles. The fraction of sp³-hybridized carbons (Fsp3) is 0.833. The zero-order valence-corrected chi connectivity index (χ0v) is 5.99. The van der Waals surface area contributed by atoms with Crippen LogP contribution in [0.4, 0.5) is 0 Å². The highest BCUT2D eigenvalue weighted by Crippen LogP contribution is 2.34. The van der Waals surface area contributed by atoms with Crippen molar-refractivity contribution in [2.75, 3.05) is 0 Å². The maximum atomic E-state index is 3.90. The monoisotopic (exact) mass is 138 g/mol. The molecule has 1 aromatic rings. The normalized spacial score (nSPS) is 17.7. The summed E-state index contributed by atoms with van der Waals surface area (Å²) in [6.07, 6.45) is 3.43. The van der Waals surface area contributed by atoms with E-state index >= 15 is 0 Å². The summed E-state index contributed by atoms with van der Waals surface area (Å²) in [6.45, 7) is 2.07. The Morgan fingerprint density at radius 2 is 2.40 bits per heavy atom. The molecule has 1 saturated carbocycles. The molecule has 0 saturated heterocycles. The Bertz CT molecular complexity index is 225. The Morgan fingerprint density at radius 3 is 3.00 bits per heavy atom. The molecule has 0 spiro atoms. The summed E-state index contributed by atoms with van der Waals surface area (Å²) in [5, 5.41) is 11.4. The topological polar surface area (TPSA) is 43.6 Å². The number of aromatic nitrogens is 4. The Morgan fingerprint density at radius 1 is 1.60 bits per heavy atom. The third-order valence-electron chi connectivity index (χ3n) is 1.77. The molecule has 0 bridgehead atoms. The minimum atomic E-state index is 0.616. The molecule has 0 atom stereocenters. The second kappa shape index (κ2) is 2.04. The van der Waals surface area contributed by atoms with Crippen LogP contribution < -0.4 is 0 Å². The van der Waals surface area contributed by atoms with Crippen LogP contribution in [0.15, 0.2) is 0 Å². The van der Waals surface area contributed by atoms with Gasteiger partial charge in [-0.1, -0.05) is 6.92 Å². The van der Waals surface area contributed by atoms with Gasteiger partial charge in [0.2, 0.25) is 0 Å². The van der Waals surface area contributed by atoms with E-state index in [2.05, 4.69) is 22.4 Å². The molecule has 2 rings (SSSR count). The zero-order chi connectivity index (χ0) is 6.97. The van der Waals surface area contributed by atoms with E-state index in [9.17, 15) is 0 Å². The molecule has 0 aliphatic heterocycles. The SMILES string of the molecule is CCc1nnnn1C1CC1. The molecule has 10 heavy (non-hydrogen) atoms. The first-order valence-electron chi connectivity index (χ1n) is 3.68. The van der Waals surface area contributed by atoms with Gasteiger partial charge >= 0.3 is 0 Å². The van der Waals surface area contributed by atoms with Crippen LogP contribution in [0.5, 0.6) is 0 Å². The van der Waals surface area contributed by atoms with Crippen molar-refractivity contribution >= 4 is 0 Å². The fourth-order valence-electron chi connectivity index (χ4n) is 1.05. The molecule has 0 radical (unpaired) electrons. The van der Waals surface area contributed by atoms with Gasteiger partial charge in [0.15, 0.2) is 5.82 Å². The summed E-state index contributed by atoms with van der Waals surface area (Å²) in [6, 6.07) is 0.616. The van der Waals surface area contributed by atoms with Crippen LogP contribution in [0.25, 0.3) is 0 Å². The first kappa shape index (κ1) is 5.82. The lowest BCUT2D eigenvalue weighted by molar-refractivity contribution is 0.585. The predicted octanol–water partition coefficient (Wildman–Crippen LogP) is 0.570. The summed E-state index contributed by atoms with van der Waals surface area (Å²) < 4.78 is 1.94. The van der Waals surface area contributed by atoms with Crippen molar-refractivity contribution in [2.45, 2.75) is 32.2 Å². The minimum absolute atomic E-state index is 0.616. The average molecular weight is 138 g/mol. The number of nitrogens with zero attached hydrogens (tertiary/aromatic N) is 4. The molecule has 1 fully saturated rings. The quantitative estimate of drug-likeness (QED) is 0.600. The van der Waals surface area contributed by atoms with Crippen molar-refractivity contribution < 1.29 is 0 Å². The van der Waals surface area contributed by atoms with E-state index in [1.165, 1.54) is 12.8 Å². The van der Waals surface area contributed by atoms with E-state index in [-0.39, 0.29) is 0 Å². The van der Waals surface area contributed by atoms with Crippen LogP contribution in [-0.4, -0.2) is 20.2 Å². The second-order valence-electron chi connectivity index (χ2n) is 2.62. The van der Waals surface area contributed by atoms with Crippen LogP contribution in [0.2, 0.25) is 0 Å². The van der Waals surface area contributed by atoms with E-state index in [1.807, 2.05) is 4.68 Å². The smallest absolute Gasteiger partial charge is 0.151 e. The van der Waals surface area contributed by atoms with Crippen LogP contribution in [0.3, 0.4) is 0 Å². The van der Waals surface area contributed by atoms with Gasteiger partial charge in [-0.25, -0.2) is 4.68 Å². The van der Waals surface area contributed by atoms with Gasteiger partial charge in [-0.15, -0.1) is 5.10 Å². The lowest BCUT2D eigenvalue weighted by atomic mass is 10.4. The summed E-state index contributed by atoms with van der Waals surface area (Å²) in [5.74, 6) is 1.02. The Balaban J connectivity index is 2.28. The van der Waals surface area contributed by atoms with Crippen molar-refractivity contribution in [1.29, 1.82) is 0 Å². The van der Waals surface area contributed by atoms with E-state index in [4.69, 9.17) is 0 Å². The van der Waals surface area contributed by atoms with Crippen molar-refractivity contribution in [3.05, 3.63) is 5.82 Å². The molecule has 0 unspecified atom stereocenters. The van der Waals surface area contributed by atoms with Crippen molar-refractivity contribution in [1.82, 2.24) is 20.2 Å². The average Bonchev–Trinajstić information content (AvgIpc) is 2.69. The first-order chi connectivity index (χ1) is 4.92. The predicted molar refractivity (Wildman–Crippen MR) is 35.5 cm³/mol. The van der Waals surface area contributed by atoms with Crippen molar-refractivity contribution in [3.8, 4) is 0 Å². The van der Waals surface area contributed by atoms with E-state index in [0.717, 1.165) is 12.2 Å². The fourth-order valence-corrected chi connectivity index (χ4v) is 1.05. The van der Waals surface area contributed by atoms with Gasteiger partial charge in [0.25, 0.3) is 0 Å². The van der Waals surface area contributed by atoms with Gasteiger partial charge in [-0.2, -0.15) is 0 Å². The van der Waals surface area contributed by atoms with E-state index in [0.29, 0.717) is 6.04 Å². The minimum Gasteiger partial charge on any atom is -0.227 e. The second-order valence-corrected chi connectivity index (χ2v) is 2.62. The molecule has 0 N–H and O–H groups in total. The standard InChI is InChI=1S/C6H10N4/c1-2-6-7-8-9-10(6)5-3-4-5/h5H,2-4H2,1H3. The van der Waals surface area contributed by atoms with Gasteiger partial charge in [0.1, 0.15) is 0 Å². The zero-order valence-electron chi connectivity index (χ0n) is 5.99. The number of tetrazole rings is 1. The van der Waals surface area contributed by atoms with Crippen LogP contribution >= 0.6 is 0 Å². The van der Waals surface area contributed by atoms with Crippen LogP contribution in [0, 0.1) is 0 Å². The molecule has 1 aliphatic rings. The first-order valence-corrected chi connectivity index (χ1v) is 3.68. The molecule has 4 nitrogen and oxygen atoms in total. The molecule has 1 aromatic heterocycles. The highest BCUT2D eigenvalue weighted by atomic mass is 15.6. The summed E-state index contributed by atoms with van der Waals surface area (Å²) in [5.41, 5.74) is 0. The third-order valence-corrected chi connectivity index (χ3v) is 1.77. The molecule has 0 amide bonds. The molecule has 4 heteroatoms. The third kappa shape index (κ3) is 0.798. The summed E-state index contributed by atoms with van der Waals surface area (Å²) in [4.78, 5) is 0. The maximum absolute atomic E-state index is 3.90. The number of rotatable bonds is 2. The lowest BCUT2D eigenvalue weighted by Gasteiger charge is -1.96. The van der Waals surface area contributed by atoms with E-state index in [1.54, 1.807) is 0 Å². The Labute approximate surface area is 59.2 Å². The molecule has 0 aromatic carbocycles. The highest BCUT2D eigenvalue weighted by Gasteiger charge is 2.26. The Kier molecular flexibility index (Phi) is 1.19. The lowest BCUT2D eigenvalue weighted by Crippen LogP contribution is -2.01. The number of hydrogen-bond donors (Lipinski definition) is 0. The van der Waals surface area contributed by atoms with Crippen molar-refractivity contribution in [3.63, 3.8) is 0 Å². The number of aryl methyl sites for hydroxylation is 1. The van der Waals surface area contributed by atoms with Gasteiger partial charge in [0, 0.05) is 6.42 Å². The molecular formula is C6H10N4. The van der Waals surface area contributed by atoms with E-state index < -0.39 is 0 Å². The van der Waals surface area contributed by atoms with Gasteiger partial charge in [-0.3, -0.25) is 0 Å². The van der Waals surface area contributed by atoms with Gasteiger partial charge in [-0.05, 0) is 23.3 Å². The van der Waals surface area contributed by atoms with Crippen molar-refractivity contribution in [2.24, 2.45) is 0 Å².